The highest BCUT2D eigenvalue weighted by atomic mass is 16.2. The Labute approximate surface area is 117 Å². The lowest BCUT2D eigenvalue weighted by molar-refractivity contribution is 0.101. The molecule has 0 atom stereocenters. The number of aromatic nitrogens is 5. The first-order valence-corrected chi connectivity index (χ1v) is 6.44. The van der Waals surface area contributed by atoms with Gasteiger partial charge in [-0.15, -0.1) is 5.10 Å². The number of rotatable bonds is 2. The van der Waals surface area contributed by atoms with Crippen LogP contribution in [0.25, 0.3) is 0 Å². The predicted octanol–water partition coefficient (Wildman–Crippen LogP) is 1.70. The number of carbonyl (C=O) groups is 1. The number of H-pyrrole nitrogens is 1. The Morgan fingerprint density at radius 1 is 1.30 bits per heavy atom. The molecule has 7 heteroatoms. The van der Waals surface area contributed by atoms with E-state index in [1.807, 2.05) is 41.7 Å². The molecule has 7 nitrogen and oxygen atoms in total. The van der Waals surface area contributed by atoms with Gasteiger partial charge in [-0.05, 0) is 13.8 Å². The van der Waals surface area contributed by atoms with Crippen LogP contribution in [0.4, 0.5) is 5.69 Å². The van der Waals surface area contributed by atoms with E-state index in [2.05, 4.69) is 25.6 Å². The van der Waals surface area contributed by atoms with Crippen molar-refractivity contribution in [2.24, 2.45) is 7.05 Å². The highest BCUT2D eigenvalue weighted by molar-refractivity contribution is 6.02. The lowest BCUT2D eigenvalue weighted by atomic mass is 9.96. The number of hydrogen-bond acceptors (Lipinski definition) is 4. The molecule has 2 rings (SSSR count). The van der Waals surface area contributed by atoms with Crippen molar-refractivity contribution in [3.63, 3.8) is 0 Å². The molecule has 0 aliphatic rings. The topological polar surface area (TPSA) is 88.5 Å². The van der Waals surface area contributed by atoms with Gasteiger partial charge in [-0.2, -0.15) is 5.10 Å². The van der Waals surface area contributed by atoms with Crippen LogP contribution < -0.4 is 5.32 Å². The molecule has 0 aliphatic heterocycles. The van der Waals surface area contributed by atoms with Crippen LogP contribution in [0.1, 0.15) is 48.6 Å². The third-order valence-electron chi connectivity index (χ3n) is 3.15. The number of amides is 1. The largest absolute Gasteiger partial charge is 0.316 e. The molecule has 0 unspecified atom stereocenters. The Bertz CT molecular complexity index is 646. The molecular formula is C13H20N6O. The van der Waals surface area contributed by atoms with Crippen molar-refractivity contribution in [3.8, 4) is 0 Å². The first-order chi connectivity index (χ1) is 9.20. The van der Waals surface area contributed by atoms with Crippen LogP contribution >= 0.6 is 0 Å². The Morgan fingerprint density at radius 2 is 1.95 bits per heavy atom. The molecule has 0 spiro atoms. The maximum atomic E-state index is 12.2. The molecule has 0 radical (unpaired) electrons. The summed E-state index contributed by atoms with van der Waals surface area (Å²) in [5.74, 6) is 0.482. The monoisotopic (exact) mass is 276 g/mol. The molecule has 1 amide bonds. The van der Waals surface area contributed by atoms with Crippen molar-refractivity contribution in [2.45, 2.75) is 40.0 Å². The molecule has 2 aromatic heterocycles. The third kappa shape index (κ3) is 2.56. The van der Waals surface area contributed by atoms with Crippen LogP contribution in [-0.2, 0) is 12.5 Å². The van der Waals surface area contributed by atoms with Crippen LogP contribution in [0.5, 0.6) is 0 Å². The van der Waals surface area contributed by atoms with Crippen molar-refractivity contribution in [1.29, 1.82) is 0 Å². The summed E-state index contributed by atoms with van der Waals surface area (Å²) in [5, 5.41) is 13.8. The summed E-state index contributed by atoms with van der Waals surface area (Å²) in [4.78, 5) is 16.4. The fourth-order valence-electron chi connectivity index (χ4n) is 1.82. The molecule has 0 saturated carbocycles. The molecule has 0 bridgehead atoms. The minimum atomic E-state index is -0.337. The average molecular weight is 276 g/mol. The zero-order valence-corrected chi connectivity index (χ0v) is 12.7. The van der Waals surface area contributed by atoms with Crippen molar-refractivity contribution < 1.29 is 4.79 Å². The first kappa shape index (κ1) is 14.2. The minimum absolute atomic E-state index is 0.137. The van der Waals surface area contributed by atoms with Gasteiger partial charge in [-0.1, -0.05) is 20.8 Å². The molecule has 2 aromatic rings. The summed E-state index contributed by atoms with van der Waals surface area (Å²) >= 11 is 0. The van der Waals surface area contributed by atoms with Gasteiger partial charge in [0, 0.05) is 12.5 Å². The maximum absolute atomic E-state index is 12.2. The van der Waals surface area contributed by atoms with E-state index >= 15 is 0 Å². The molecule has 0 aromatic carbocycles. The van der Waals surface area contributed by atoms with E-state index in [-0.39, 0.29) is 17.1 Å². The second-order valence-corrected chi connectivity index (χ2v) is 5.88. The van der Waals surface area contributed by atoms with Crippen molar-refractivity contribution in [1.82, 2.24) is 25.0 Å². The molecule has 108 valence electrons. The van der Waals surface area contributed by atoms with Crippen molar-refractivity contribution in [3.05, 3.63) is 23.0 Å². The highest BCUT2D eigenvalue weighted by Gasteiger charge is 2.22. The van der Waals surface area contributed by atoms with Gasteiger partial charge in [0.1, 0.15) is 5.82 Å². The lowest BCUT2D eigenvalue weighted by Crippen LogP contribution is -2.16. The Hall–Kier alpha value is -2.18. The van der Waals surface area contributed by atoms with E-state index < -0.39 is 0 Å². The molecule has 0 aliphatic carbocycles. The molecule has 2 N–H and O–H groups in total. The summed E-state index contributed by atoms with van der Waals surface area (Å²) in [6.07, 6.45) is 0. The van der Waals surface area contributed by atoms with Gasteiger partial charge in [0.15, 0.2) is 0 Å². The number of carbonyl (C=O) groups excluding carboxylic acids is 1. The van der Waals surface area contributed by atoms with E-state index in [1.54, 1.807) is 4.68 Å². The summed E-state index contributed by atoms with van der Waals surface area (Å²) in [5.41, 5.74) is 2.19. The zero-order valence-electron chi connectivity index (χ0n) is 12.7. The van der Waals surface area contributed by atoms with Crippen LogP contribution in [0.15, 0.2) is 0 Å². The summed E-state index contributed by atoms with van der Waals surface area (Å²) < 4.78 is 1.73. The normalized spacial score (nSPS) is 11.7. The van der Waals surface area contributed by atoms with E-state index in [4.69, 9.17) is 0 Å². The zero-order chi connectivity index (χ0) is 15.1. The van der Waals surface area contributed by atoms with Gasteiger partial charge >= 0.3 is 0 Å². The SMILES string of the molecule is Cc1nn(C)c(C)c1NC(=O)c1n[nH]c(C(C)(C)C)n1. The fraction of sp³-hybridized carbons (Fsp3) is 0.538. The van der Waals surface area contributed by atoms with E-state index in [0.29, 0.717) is 11.5 Å². The number of aryl methyl sites for hydroxylation is 2. The van der Waals surface area contributed by atoms with Crippen molar-refractivity contribution >= 4 is 11.6 Å². The van der Waals surface area contributed by atoms with E-state index in [9.17, 15) is 4.79 Å². The Kier molecular flexibility index (Phi) is 3.37. The summed E-state index contributed by atoms with van der Waals surface area (Å²) in [6.45, 7) is 9.76. The van der Waals surface area contributed by atoms with Gasteiger partial charge in [0.05, 0.1) is 17.1 Å². The van der Waals surface area contributed by atoms with Gasteiger partial charge in [-0.25, -0.2) is 4.98 Å². The van der Waals surface area contributed by atoms with Gasteiger partial charge in [-0.3, -0.25) is 14.6 Å². The number of anilines is 1. The second kappa shape index (κ2) is 4.73. The van der Waals surface area contributed by atoms with E-state index in [0.717, 1.165) is 11.4 Å². The minimum Gasteiger partial charge on any atom is -0.316 e. The second-order valence-electron chi connectivity index (χ2n) is 5.88. The standard InChI is InChI=1S/C13H20N6O/c1-7-9(8(2)19(6)18-7)14-11(20)10-15-12(17-16-10)13(3,4)5/h1-6H3,(H,14,20)(H,15,16,17). The molecule has 0 saturated heterocycles. The van der Waals surface area contributed by atoms with Crippen LogP contribution in [0, 0.1) is 13.8 Å². The average Bonchev–Trinajstić information content (AvgIpc) is 2.90. The lowest BCUT2D eigenvalue weighted by Gasteiger charge is -2.12. The van der Waals surface area contributed by atoms with Crippen LogP contribution in [-0.4, -0.2) is 30.9 Å². The maximum Gasteiger partial charge on any atom is 0.295 e. The number of nitrogens with one attached hydrogen (secondary N) is 2. The summed E-state index contributed by atoms with van der Waals surface area (Å²) in [7, 11) is 1.84. The number of nitrogens with zero attached hydrogens (tertiary/aromatic N) is 4. The van der Waals surface area contributed by atoms with Gasteiger partial charge < -0.3 is 5.32 Å². The van der Waals surface area contributed by atoms with Crippen LogP contribution in [0.3, 0.4) is 0 Å². The number of aromatic amines is 1. The summed E-state index contributed by atoms with van der Waals surface area (Å²) in [6, 6.07) is 0. The number of hydrogen-bond donors (Lipinski definition) is 2. The van der Waals surface area contributed by atoms with Gasteiger partial charge in [0.2, 0.25) is 5.82 Å². The van der Waals surface area contributed by atoms with Crippen molar-refractivity contribution in [2.75, 3.05) is 5.32 Å². The Balaban J connectivity index is 2.22. The molecular weight excluding hydrogens is 256 g/mol. The van der Waals surface area contributed by atoms with Gasteiger partial charge in [0.25, 0.3) is 5.91 Å². The smallest absolute Gasteiger partial charge is 0.295 e. The third-order valence-corrected chi connectivity index (χ3v) is 3.15. The molecule has 20 heavy (non-hydrogen) atoms. The Morgan fingerprint density at radius 3 is 2.40 bits per heavy atom. The highest BCUT2D eigenvalue weighted by Crippen LogP contribution is 2.20. The molecule has 0 fully saturated rings. The quantitative estimate of drug-likeness (QED) is 0.873. The predicted molar refractivity (Wildman–Crippen MR) is 75.7 cm³/mol. The van der Waals surface area contributed by atoms with E-state index in [1.165, 1.54) is 0 Å². The fourth-order valence-corrected chi connectivity index (χ4v) is 1.82. The van der Waals surface area contributed by atoms with Crippen LogP contribution in [0.2, 0.25) is 0 Å². The first-order valence-electron chi connectivity index (χ1n) is 6.44. The molecule has 2 heterocycles.